The molecule has 4 heterocycles. The number of likely N-dealkylation sites (N-methyl/N-ethyl adjacent to an activating group) is 1. The van der Waals surface area contributed by atoms with Gasteiger partial charge in [0.1, 0.15) is 12.3 Å². The van der Waals surface area contributed by atoms with E-state index in [4.69, 9.17) is 4.74 Å². The smallest absolute Gasteiger partial charge is 0.228 e. The van der Waals surface area contributed by atoms with Crippen molar-refractivity contribution >= 4 is 17.2 Å². The van der Waals surface area contributed by atoms with Crippen LogP contribution in [-0.4, -0.2) is 56.4 Å². The molecule has 1 N–H and O–H groups in total. The number of amides is 1. The lowest BCUT2D eigenvalue weighted by Crippen LogP contribution is -2.62. The highest BCUT2D eigenvalue weighted by Crippen LogP contribution is 2.37. The molecule has 0 unspecified atom stereocenters. The van der Waals surface area contributed by atoms with E-state index in [0.717, 1.165) is 41.9 Å². The van der Waals surface area contributed by atoms with Crippen molar-refractivity contribution in [1.82, 2.24) is 24.3 Å². The number of hydrogen-bond acceptors (Lipinski definition) is 5. The minimum atomic E-state index is 0.0600. The normalized spacial score (nSPS) is 20.9. The topological polar surface area (TPSA) is 76.7 Å². The third-order valence-corrected chi connectivity index (χ3v) is 6.33. The van der Waals surface area contributed by atoms with Crippen molar-refractivity contribution in [3.8, 4) is 17.0 Å². The molecule has 1 saturated heterocycles. The van der Waals surface area contributed by atoms with Crippen LogP contribution in [0.25, 0.3) is 16.8 Å². The Hall–Kier alpha value is -2.87. The van der Waals surface area contributed by atoms with E-state index in [1.54, 1.807) is 10.7 Å². The van der Waals surface area contributed by atoms with Crippen molar-refractivity contribution in [3.63, 3.8) is 0 Å². The summed E-state index contributed by atoms with van der Waals surface area (Å²) >= 11 is 0. The fraction of sp³-hybridized carbons (Fsp3) is 0.500. The number of aromatic nitrogens is 4. The number of likely N-dealkylation sites (tertiary alicyclic amines) is 1. The standard InChI is InChI=1S/C22H28N6O2/c1-22(2)13-26(3)18(22)12-30-17-11-23-27(4)20(17)15-7-8-28-16(9-15)10-19(25-28)24-21(29)14-5-6-14/h7-11,14,18H,5-6,12-13H2,1-4H3,(H,24,25,29)/t18-/m1/s1. The van der Waals surface area contributed by atoms with E-state index in [1.165, 1.54) is 0 Å². The minimum Gasteiger partial charge on any atom is -0.488 e. The second-order valence-corrected chi connectivity index (χ2v) is 9.29. The third-order valence-electron chi connectivity index (χ3n) is 6.33. The first-order valence-electron chi connectivity index (χ1n) is 10.5. The first-order chi connectivity index (χ1) is 14.3. The largest absolute Gasteiger partial charge is 0.488 e. The molecule has 2 fully saturated rings. The second-order valence-electron chi connectivity index (χ2n) is 9.29. The van der Waals surface area contributed by atoms with Crippen molar-refractivity contribution in [2.75, 3.05) is 25.5 Å². The van der Waals surface area contributed by atoms with Gasteiger partial charge in [0.2, 0.25) is 5.91 Å². The van der Waals surface area contributed by atoms with Gasteiger partial charge in [-0.2, -0.15) is 10.2 Å². The Morgan fingerprint density at radius 2 is 2.10 bits per heavy atom. The van der Waals surface area contributed by atoms with Gasteiger partial charge in [0.05, 0.1) is 11.7 Å². The number of anilines is 1. The lowest BCUT2D eigenvalue weighted by molar-refractivity contribution is -0.117. The van der Waals surface area contributed by atoms with Gasteiger partial charge >= 0.3 is 0 Å². The number of aryl methyl sites for hydroxylation is 1. The Bertz CT molecular complexity index is 1110. The monoisotopic (exact) mass is 408 g/mol. The summed E-state index contributed by atoms with van der Waals surface area (Å²) in [4.78, 5) is 14.4. The van der Waals surface area contributed by atoms with Crippen LogP contribution < -0.4 is 10.1 Å². The van der Waals surface area contributed by atoms with Crippen molar-refractivity contribution in [2.24, 2.45) is 18.4 Å². The number of hydrogen-bond donors (Lipinski definition) is 1. The fourth-order valence-corrected chi connectivity index (χ4v) is 4.49. The first-order valence-corrected chi connectivity index (χ1v) is 10.5. The zero-order chi connectivity index (χ0) is 21.0. The molecule has 158 valence electrons. The first kappa shape index (κ1) is 19.1. The molecule has 2 aliphatic rings. The van der Waals surface area contributed by atoms with E-state index in [2.05, 4.69) is 41.3 Å². The van der Waals surface area contributed by atoms with Crippen molar-refractivity contribution in [1.29, 1.82) is 0 Å². The van der Waals surface area contributed by atoms with Gasteiger partial charge in [-0.25, -0.2) is 4.52 Å². The van der Waals surface area contributed by atoms with Crippen LogP contribution in [0.3, 0.4) is 0 Å². The molecule has 0 spiro atoms. The molecule has 0 aromatic carbocycles. The van der Waals surface area contributed by atoms with Crippen LogP contribution in [0.5, 0.6) is 5.75 Å². The zero-order valence-electron chi connectivity index (χ0n) is 17.9. The Morgan fingerprint density at radius 1 is 1.30 bits per heavy atom. The quantitative estimate of drug-likeness (QED) is 0.679. The van der Waals surface area contributed by atoms with Gasteiger partial charge in [0, 0.05) is 43.4 Å². The highest BCUT2D eigenvalue weighted by molar-refractivity contribution is 5.93. The summed E-state index contributed by atoms with van der Waals surface area (Å²) in [5.74, 6) is 1.57. The average molecular weight is 409 g/mol. The molecule has 3 aromatic rings. The maximum Gasteiger partial charge on any atom is 0.228 e. The van der Waals surface area contributed by atoms with E-state index >= 15 is 0 Å². The Labute approximate surface area is 175 Å². The summed E-state index contributed by atoms with van der Waals surface area (Å²) in [6.07, 6.45) is 5.63. The minimum absolute atomic E-state index is 0.0600. The van der Waals surface area contributed by atoms with Crippen molar-refractivity contribution in [2.45, 2.75) is 32.7 Å². The number of rotatable bonds is 6. The molecule has 1 atom stereocenters. The number of carbonyl (C=O) groups is 1. The van der Waals surface area contributed by atoms with E-state index in [1.807, 2.05) is 36.1 Å². The van der Waals surface area contributed by atoms with Crippen LogP contribution in [0, 0.1) is 11.3 Å². The summed E-state index contributed by atoms with van der Waals surface area (Å²) in [5, 5.41) is 11.8. The van der Waals surface area contributed by atoms with Crippen LogP contribution in [0.15, 0.2) is 30.6 Å². The van der Waals surface area contributed by atoms with Gasteiger partial charge in [0.15, 0.2) is 11.6 Å². The summed E-state index contributed by atoms with van der Waals surface area (Å²) in [6, 6.07) is 6.33. The number of nitrogens with zero attached hydrogens (tertiary/aromatic N) is 5. The summed E-state index contributed by atoms with van der Waals surface area (Å²) < 4.78 is 9.83. The lowest BCUT2D eigenvalue weighted by atomic mass is 9.76. The Balaban J connectivity index is 1.38. The molecule has 30 heavy (non-hydrogen) atoms. The third kappa shape index (κ3) is 3.35. The number of ether oxygens (including phenoxy) is 1. The van der Waals surface area contributed by atoms with Gasteiger partial charge in [-0.05, 0) is 37.4 Å². The molecule has 8 heteroatoms. The molecular weight excluding hydrogens is 380 g/mol. The maximum atomic E-state index is 12.0. The number of fused-ring (bicyclic) bond motifs is 1. The summed E-state index contributed by atoms with van der Waals surface area (Å²) in [5.41, 5.74) is 3.10. The predicted octanol–water partition coefficient (Wildman–Crippen LogP) is 2.80. The van der Waals surface area contributed by atoms with Gasteiger partial charge in [-0.1, -0.05) is 13.8 Å². The summed E-state index contributed by atoms with van der Waals surface area (Å²) in [6.45, 7) is 6.27. The van der Waals surface area contributed by atoms with Crippen LogP contribution in [0.1, 0.15) is 26.7 Å². The SMILES string of the molecule is CN1CC(C)(C)[C@H]1COc1cnn(C)c1-c1ccn2nc(NC(=O)C3CC3)cc2c1. The van der Waals surface area contributed by atoms with E-state index in [9.17, 15) is 4.79 Å². The molecule has 0 radical (unpaired) electrons. The zero-order valence-corrected chi connectivity index (χ0v) is 17.9. The molecule has 0 bridgehead atoms. The van der Waals surface area contributed by atoms with Crippen LogP contribution in [-0.2, 0) is 11.8 Å². The Kier molecular flexibility index (Phi) is 4.36. The van der Waals surface area contributed by atoms with Gasteiger partial charge in [-0.3, -0.25) is 14.4 Å². The van der Waals surface area contributed by atoms with Crippen LogP contribution in [0.2, 0.25) is 0 Å². The fourth-order valence-electron chi connectivity index (χ4n) is 4.49. The highest BCUT2D eigenvalue weighted by Gasteiger charge is 2.43. The summed E-state index contributed by atoms with van der Waals surface area (Å²) in [7, 11) is 4.06. The van der Waals surface area contributed by atoms with Crippen molar-refractivity contribution in [3.05, 3.63) is 30.6 Å². The van der Waals surface area contributed by atoms with Crippen molar-refractivity contribution < 1.29 is 9.53 Å². The molecule has 3 aromatic heterocycles. The average Bonchev–Trinajstić information content (AvgIpc) is 3.37. The number of carbonyl (C=O) groups excluding carboxylic acids is 1. The predicted molar refractivity (Wildman–Crippen MR) is 114 cm³/mol. The highest BCUT2D eigenvalue weighted by atomic mass is 16.5. The molecule has 1 aliphatic carbocycles. The lowest BCUT2D eigenvalue weighted by Gasteiger charge is -2.52. The molecular formula is C22H28N6O2. The second kappa shape index (κ2) is 6.84. The molecule has 1 saturated carbocycles. The van der Waals surface area contributed by atoms with Crippen LogP contribution in [0.4, 0.5) is 5.82 Å². The maximum absolute atomic E-state index is 12.0. The van der Waals surface area contributed by atoms with Gasteiger partial charge in [-0.15, -0.1) is 0 Å². The molecule has 5 rings (SSSR count). The van der Waals surface area contributed by atoms with Crippen LogP contribution >= 0.6 is 0 Å². The molecule has 1 aliphatic heterocycles. The van der Waals surface area contributed by atoms with E-state index in [0.29, 0.717) is 18.5 Å². The van der Waals surface area contributed by atoms with E-state index in [-0.39, 0.29) is 17.2 Å². The number of pyridine rings is 1. The molecule has 1 amide bonds. The number of nitrogens with one attached hydrogen (secondary N) is 1. The Morgan fingerprint density at radius 3 is 2.80 bits per heavy atom. The van der Waals surface area contributed by atoms with E-state index < -0.39 is 0 Å². The molecule has 8 nitrogen and oxygen atoms in total. The van der Waals surface area contributed by atoms with Gasteiger partial charge < -0.3 is 10.1 Å². The van der Waals surface area contributed by atoms with Gasteiger partial charge in [0.25, 0.3) is 0 Å².